The van der Waals surface area contributed by atoms with Crippen LogP contribution in [0, 0.1) is 0 Å². The van der Waals surface area contributed by atoms with Crippen LogP contribution < -0.4 is 0 Å². The van der Waals surface area contributed by atoms with Gasteiger partial charge in [0.05, 0.1) is 5.60 Å². The third-order valence-corrected chi connectivity index (χ3v) is 7.91. The Labute approximate surface area is 149 Å². The highest BCUT2D eigenvalue weighted by Crippen LogP contribution is 2.59. The summed E-state index contributed by atoms with van der Waals surface area (Å²) in [6.45, 7) is 0. The van der Waals surface area contributed by atoms with Gasteiger partial charge >= 0.3 is 11.9 Å². The summed E-state index contributed by atoms with van der Waals surface area (Å²) in [4.78, 5) is 22.1. The van der Waals surface area contributed by atoms with E-state index in [2.05, 4.69) is 0 Å². The van der Waals surface area contributed by atoms with Gasteiger partial charge in [-0.25, -0.2) is 0 Å². The van der Waals surface area contributed by atoms with E-state index in [0.29, 0.717) is 0 Å². The summed E-state index contributed by atoms with van der Waals surface area (Å²) in [6.07, 6.45) is 0.699. The van der Waals surface area contributed by atoms with Crippen LogP contribution in [0.25, 0.3) is 0 Å². The van der Waals surface area contributed by atoms with Crippen molar-refractivity contribution in [2.24, 2.45) is 0 Å². The van der Waals surface area contributed by atoms with Gasteiger partial charge in [-0.2, -0.15) is 0 Å². The van der Waals surface area contributed by atoms with Crippen molar-refractivity contribution in [1.82, 2.24) is 0 Å². The molecular formula is C17H22O5S2. The van der Waals surface area contributed by atoms with Gasteiger partial charge in [-0.05, 0) is 36.3 Å². The topological polar surface area (TPSA) is 94.8 Å². The average Bonchev–Trinajstić information content (AvgIpc) is 2.59. The highest BCUT2D eigenvalue weighted by atomic mass is 32.2. The molecule has 0 saturated carbocycles. The Bertz CT molecular complexity index is 552. The number of aliphatic hydroxyl groups is 1. The first-order valence-electron chi connectivity index (χ1n) is 7.89. The molecule has 1 saturated heterocycles. The summed E-state index contributed by atoms with van der Waals surface area (Å²) >= 11 is 3.20. The molecule has 1 aromatic rings. The van der Waals surface area contributed by atoms with E-state index >= 15 is 0 Å². The zero-order valence-corrected chi connectivity index (χ0v) is 14.9. The first-order valence-corrected chi connectivity index (χ1v) is 9.86. The van der Waals surface area contributed by atoms with E-state index in [1.54, 1.807) is 23.5 Å². The van der Waals surface area contributed by atoms with Crippen LogP contribution in [0.1, 0.15) is 37.7 Å². The Kier molecular flexibility index (Phi) is 6.60. The second-order valence-electron chi connectivity index (χ2n) is 5.85. The fourth-order valence-corrected chi connectivity index (χ4v) is 6.69. The molecule has 0 bridgehead atoms. The fraction of sp³-hybridized carbons (Fsp3) is 0.529. The smallest absolute Gasteiger partial charge is 0.303 e. The molecule has 2 rings (SSSR count). The van der Waals surface area contributed by atoms with Crippen LogP contribution in [-0.4, -0.2) is 44.4 Å². The molecule has 1 aliphatic heterocycles. The summed E-state index contributed by atoms with van der Waals surface area (Å²) < 4.78 is -0.739. The first kappa shape index (κ1) is 19.1. The molecular weight excluding hydrogens is 348 g/mol. The van der Waals surface area contributed by atoms with Gasteiger partial charge in [-0.15, -0.1) is 23.5 Å². The van der Waals surface area contributed by atoms with Gasteiger partial charge in [0.2, 0.25) is 0 Å². The molecule has 1 heterocycles. The Morgan fingerprint density at radius 3 is 1.96 bits per heavy atom. The van der Waals surface area contributed by atoms with E-state index in [9.17, 15) is 14.7 Å². The van der Waals surface area contributed by atoms with E-state index in [-0.39, 0.29) is 25.7 Å². The van der Waals surface area contributed by atoms with Crippen LogP contribution in [-0.2, 0) is 13.7 Å². The lowest BCUT2D eigenvalue weighted by Gasteiger charge is -2.49. The lowest BCUT2D eigenvalue weighted by Crippen LogP contribution is -2.49. The van der Waals surface area contributed by atoms with E-state index in [1.807, 2.05) is 30.3 Å². The third kappa shape index (κ3) is 4.26. The molecule has 0 aliphatic carbocycles. The zero-order chi connectivity index (χ0) is 17.6. The Hall–Kier alpha value is -1.18. The highest BCUT2D eigenvalue weighted by Gasteiger charge is 2.53. The van der Waals surface area contributed by atoms with Gasteiger partial charge in [0.1, 0.15) is 4.08 Å². The molecule has 1 fully saturated rings. The molecule has 0 spiro atoms. The van der Waals surface area contributed by atoms with Gasteiger partial charge < -0.3 is 15.3 Å². The van der Waals surface area contributed by atoms with Crippen molar-refractivity contribution in [2.45, 2.75) is 41.8 Å². The zero-order valence-electron chi connectivity index (χ0n) is 13.3. The average molecular weight is 370 g/mol. The summed E-state index contributed by atoms with van der Waals surface area (Å²) in [6, 6.07) is 9.53. The molecule has 0 atom stereocenters. The minimum Gasteiger partial charge on any atom is -0.481 e. The second-order valence-corrected chi connectivity index (χ2v) is 8.73. The molecule has 132 valence electrons. The Balaban J connectivity index is 2.42. The van der Waals surface area contributed by atoms with Crippen molar-refractivity contribution in [3.63, 3.8) is 0 Å². The summed E-state index contributed by atoms with van der Waals surface area (Å²) in [5, 5.41) is 29.6. The largest absolute Gasteiger partial charge is 0.481 e. The maximum atomic E-state index is 11.5. The number of carbonyl (C=O) groups is 2. The number of carboxylic acids is 2. The number of hydrogen-bond donors (Lipinski definition) is 3. The van der Waals surface area contributed by atoms with E-state index in [4.69, 9.17) is 10.2 Å². The van der Waals surface area contributed by atoms with Crippen molar-refractivity contribution >= 4 is 35.5 Å². The molecule has 5 nitrogen and oxygen atoms in total. The molecule has 0 radical (unpaired) electrons. The van der Waals surface area contributed by atoms with E-state index in [0.717, 1.165) is 23.5 Å². The molecule has 24 heavy (non-hydrogen) atoms. The standard InChI is InChI=1S/C17H22O5S2/c18-14(19)7-9-16(22,10-8-15(20)21)17(23-11-4-12-24-17)13-5-2-1-3-6-13/h1-3,5-6,22H,4,7-12H2,(H,18,19)(H,20,21). The normalized spacial score (nSPS) is 17.4. The molecule has 3 N–H and O–H groups in total. The van der Waals surface area contributed by atoms with Crippen LogP contribution in [0.15, 0.2) is 30.3 Å². The number of thioether (sulfide) groups is 2. The quantitative estimate of drug-likeness (QED) is 0.647. The number of rotatable bonds is 8. The fourth-order valence-electron chi connectivity index (χ4n) is 2.98. The SMILES string of the molecule is O=C(O)CCC(O)(CCC(=O)O)C1(c2ccccc2)SCCCS1. The van der Waals surface area contributed by atoms with Crippen molar-refractivity contribution < 1.29 is 24.9 Å². The maximum absolute atomic E-state index is 11.5. The van der Waals surface area contributed by atoms with Crippen LogP contribution in [0.4, 0.5) is 0 Å². The van der Waals surface area contributed by atoms with Crippen molar-refractivity contribution in [3.8, 4) is 0 Å². The predicted octanol–water partition coefficient (Wildman–Crippen LogP) is 3.17. The van der Waals surface area contributed by atoms with E-state index in [1.165, 1.54) is 0 Å². The van der Waals surface area contributed by atoms with Crippen molar-refractivity contribution in [1.29, 1.82) is 0 Å². The van der Waals surface area contributed by atoms with Crippen molar-refractivity contribution in [2.75, 3.05) is 11.5 Å². The third-order valence-electron chi connectivity index (χ3n) is 4.17. The van der Waals surface area contributed by atoms with Gasteiger partial charge in [-0.3, -0.25) is 9.59 Å². The highest BCUT2D eigenvalue weighted by molar-refractivity contribution is 8.18. The summed E-state index contributed by atoms with van der Waals surface area (Å²) in [7, 11) is 0. The minimum absolute atomic E-state index is 0.0322. The number of aliphatic carboxylic acids is 2. The molecule has 7 heteroatoms. The van der Waals surface area contributed by atoms with Crippen LogP contribution >= 0.6 is 23.5 Å². The van der Waals surface area contributed by atoms with Gasteiger partial charge in [0.15, 0.2) is 0 Å². The Morgan fingerprint density at radius 1 is 1.00 bits per heavy atom. The van der Waals surface area contributed by atoms with Gasteiger partial charge in [-0.1, -0.05) is 30.3 Å². The lowest BCUT2D eigenvalue weighted by molar-refractivity contribution is -0.139. The summed E-state index contributed by atoms with van der Waals surface area (Å²) in [5.74, 6) is -0.273. The summed E-state index contributed by atoms with van der Waals surface area (Å²) in [5.41, 5.74) is -0.487. The molecule has 0 unspecified atom stereocenters. The number of carboxylic acid groups (broad SMARTS) is 2. The molecule has 0 aromatic heterocycles. The van der Waals surface area contributed by atoms with Gasteiger partial charge in [0, 0.05) is 12.8 Å². The maximum Gasteiger partial charge on any atom is 0.303 e. The van der Waals surface area contributed by atoms with Crippen molar-refractivity contribution in [3.05, 3.63) is 35.9 Å². The number of hydrogen-bond acceptors (Lipinski definition) is 5. The predicted molar refractivity (Wildman–Crippen MR) is 96.3 cm³/mol. The van der Waals surface area contributed by atoms with Crippen LogP contribution in [0.5, 0.6) is 0 Å². The van der Waals surface area contributed by atoms with Gasteiger partial charge in [0.25, 0.3) is 0 Å². The minimum atomic E-state index is -1.40. The molecule has 1 aromatic carbocycles. The molecule has 0 amide bonds. The lowest BCUT2D eigenvalue weighted by atomic mass is 9.84. The first-order chi connectivity index (χ1) is 11.4. The monoisotopic (exact) mass is 370 g/mol. The Morgan fingerprint density at radius 2 is 1.50 bits per heavy atom. The number of benzene rings is 1. The molecule has 1 aliphatic rings. The second kappa shape index (κ2) is 8.27. The van der Waals surface area contributed by atoms with Crippen LogP contribution in [0.2, 0.25) is 0 Å². The van der Waals surface area contributed by atoms with Crippen LogP contribution in [0.3, 0.4) is 0 Å². The van der Waals surface area contributed by atoms with E-state index < -0.39 is 21.6 Å².